The molecule has 0 spiro atoms. The summed E-state index contributed by atoms with van der Waals surface area (Å²) >= 11 is 0. The van der Waals surface area contributed by atoms with Gasteiger partial charge in [0.1, 0.15) is 11.2 Å². The number of hydrogen-bond acceptors (Lipinski definition) is 3. The molecule has 24 heavy (non-hydrogen) atoms. The third-order valence-corrected chi connectivity index (χ3v) is 3.98. The lowest BCUT2D eigenvalue weighted by atomic mass is 9.89. The summed E-state index contributed by atoms with van der Waals surface area (Å²) in [5.41, 5.74) is 0.453. The number of hydrogen-bond donors (Lipinski definition) is 1. The average Bonchev–Trinajstić information content (AvgIpc) is 2.54. The van der Waals surface area contributed by atoms with Gasteiger partial charge in [0, 0.05) is 13.1 Å². The number of amides is 2. The third-order valence-electron chi connectivity index (χ3n) is 3.98. The van der Waals surface area contributed by atoms with E-state index in [2.05, 4.69) is 5.32 Å². The Morgan fingerprint density at radius 2 is 1.75 bits per heavy atom. The van der Waals surface area contributed by atoms with Crippen LogP contribution in [0.2, 0.25) is 0 Å². The van der Waals surface area contributed by atoms with E-state index in [0.717, 1.165) is 18.4 Å². The molecule has 5 heteroatoms. The van der Waals surface area contributed by atoms with Crippen molar-refractivity contribution in [2.45, 2.75) is 47.5 Å². The van der Waals surface area contributed by atoms with E-state index in [4.69, 9.17) is 4.74 Å². The summed E-state index contributed by atoms with van der Waals surface area (Å²) in [6, 6.07) is 5.56. The van der Waals surface area contributed by atoms with Crippen LogP contribution in [0.1, 0.15) is 46.1 Å². The highest BCUT2D eigenvalue weighted by Gasteiger charge is 2.39. The summed E-state index contributed by atoms with van der Waals surface area (Å²) in [7, 11) is 1.56. The van der Waals surface area contributed by atoms with Crippen LogP contribution < -0.4 is 10.1 Å². The van der Waals surface area contributed by atoms with Crippen molar-refractivity contribution in [2.24, 2.45) is 5.41 Å². The van der Waals surface area contributed by atoms with Crippen LogP contribution in [0.5, 0.6) is 5.75 Å². The Kier molecular flexibility index (Phi) is 7.26. The maximum atomic E-state index is 12.8. The molecule has 0 radical (unpaired) electrons. The monoisotopic (exact) mass is 334 g/mol. The fraction of sp³-hybridized carbons (Fsp3) is 0.579. The van der Waals surface area contributed by atoms with Crippen LogP contribution in [0, 0.1) is 12.3 Å². The molecule has 0 aliphatic carbocycles. The first-order valence-electron chi connectivity index (χ1n) is 8.53. The normalized spacial score (nSPS) is 11.1. The standard InChI is InChI=1S/C19H30N2O3/c1-7-11-21(12-8-2)18(23)19(4,5)17(22)20-15-13-14(3)9-10-16(15)24-6/h9-10,13H,7-8,11-12H2,1-6H3,(H,20,22). The smallest absolute Gasteiger partial charge is 0.239 e. The van der Waals surface area contributed by atoms with E-state index in [1.165, 1.54) is 0 Å². The number of rotatable bonds is 8. The fourth-order valence-corrected chi connectivity index (χ4v) is 2.55. The summed E-state index contributed by atoms with van der Waals surface area (Å²) in [5.74, 6) is 0.111. The second kappa shape index (κ2) is 8.71. The Labute approximate surface area is 145 Å². The van der Waals surface area contributed by atoms with Crippen LogP contribution in [0.4, 0.5) is 5.69 Å². The SMILES string of the molecule is CCCN(CCC)C(=O)C(C)(C)C(=O)Nc1cc(C)ccc1OC. The number of anilines is 1. The largest absolute Gasteiger partial charge is 0.495 e. The van der Waals surface area contributed by atoms with Crippen molar-refractivity contribution < 1.29 is 14.3 Å². The second-order valence-corrected chi connectivity index (χ2v) is 6.58. The minimum Gasteiger partial charge on any atom is -0.495 e. The third kappa shape index (κ3) is 4.73. The highest BCUT2D eigenvalue weighted by Crippen LogP contribution is 2.28. The summed E-state index contributed by atoms with van der Waals surface area (Å²) in [6.07, 6.45) is 1.74. The van der Waals surface area contributed by atoms with Crippen LogP contribution in [-0.2, 0) is 9.59 Å². The van der Waals surface area contributed by atoms with Crippen molar-refractivity contribution in [1.82, 2.24) is 4.90 Å². The molecule has 0 bridgehead atoms. The molecule has 0 atom stereocenters. The van der Waals surface area contributed by atoms with Gasteiger partial charge in [-0.15, -0.1) is 0 Å². The molecule has 1 aromatic rings. The van der Waals surface area contributed by atoms with Gasteiger partial charge in [0.05, 0.1) is 12.8 Å². The van der Waals surface area contributed by atoms with Gasteiger partial charge in [-0.05, 0) is 51.3 Å². The number of carbonyl (C=O) groups excluding carboxylic acids is 2. The van der Waals surface area contributed by atoms with Crippen LogP contribution in [0.15, 0.2) is 18.2 Å². The average molecular weight is 334 g/mol. The Bertz CT molecular complexity index is 576. The maximum Gasteiger partial charge on any atom is 0.239 e. The Hall–Kier alpha value is -2.04. The summed E-state index contributed by atoms with van der Waals surface area (Å²) < 4.78 is 5.29. The molecule has 0 aromatic heterocycles. The van der Waals surface area contributed by atoms with Gasteiger partial charge in [0.2, 0.25) is 11.8 Å². The Morgan fingerprint density at radius 3 is 2.25 bits per heavy atom. The van der Waals surface area contributed by atoms with Gasteiger partial charge in [-0.1, -0.05) is 19.9 Å². The highest BCUT2D eigenvalue weighted by atomic mass is 16.5. The number of carbonyl (C=O) groups is 2. The zero-order valence-corrected chi connectivity index (χ0v) is 15.7. The second-order valence-electron chi connectivity index (χ2n) is 6.58. The molecular weight excluding hydrogens is 304 g/mol. The van der Waals surface area contributed by atoms with Gasteiger partial charge in [0.15, 0.2) is 0 Å². The first-order valence-corrected chi connectivity index (χ1v) is 8.53. The van der Waals surface area contributed by atoms with Crippen LogP contribution >= 0.6 is 0 Å². The van der Waals surface area contributed by atoms with Crippen LogP contribution in [0.3, 0.4) is 0 Å². The molecule has 0 fully saturated rings. The molecule has 0 aliphatic heterocycles. The number of nitrogens with zero attached hydrogens (tertiary/aromatic N) is 1. The molecule has 0 unspecified atom stereocenters. The zero-order valence-electron chi connectivity index (χ0n) is 15.7. The molecule has 0 saturated heterocycles. The Balaban J connectivity index is 2.99. The number of nitrogens with one attached hydrogen (secondary N) is 1. The van der Waals surface area contributed by atoms with Crippen LogP contribution in [-0.4, -0.2) is 36.9 Å². The van der Waals surface area contributed by atoms with Gasteiger partial charge in [-0.3, -0.25) is 9.59 Å². The van der Waals surface area contributed by atoms with Gasteiger partial charge < -0.3 is 15.0 Å². The van der Waals surface area contributed by atoms with E-state index < -0.39 is 5.41 Å². The van der Waals surface area contributed by atoms with Crippen molar-refractivity contribution in [3.05, 3.63) is 23.8 Å². The van der Waals surface area contributed by atoms with E-state index in [9.17, 15) is 9.59 Å². The summed E-state index contributed by atoms with van der Waals surface area (Å²) in [4.78, 5) is 27.4. The highest BCUT2D eigenvalue weighted by molar-refractivity contribution is 6.10. The van der Waals surface area contributed by atoms with E-state index >= 15 is 0 Å². The zero-order chi connectivity index (χ0) is 18.3. The first-order chi connectivity index (χ1) is 11.3. The Morgan fingerprint density at radius 1 is 1.17 bits per heavy atom. The molecule has 0 aliphatic rings. The fourth-order valence-electron chi connectivity index (χ4n) is 2.55. The summed E-state index contributed by atoms with van der Waals surface area (Å²) in [5, 5.41) is 2.85. The molecule has 0 heterocycles. The predicted molar refractivity (Wildman–Crippen MR) is 97.3 cm³/mol. The molecule has 2 amide bonds. The minimum atomic E-state index is -1.14. The topological polar surface area (TPSA) is 58.6 Å². The predicted octanol–water partition coefficient (Wildman–Crippen LogP) is 3.62. The van der Waals surface area contributed by atoms with Crippen molar-refractivity contribution in [3.8, 4) is 5.75 Å². The van der Waals surface area contributed by atoms with E-state index in [0.29, 0.717) is 24.5 Å². The molecule has 0 saturated carbocycles. The lowest BCUT2D eigenvalue weighted by Crippen LogP contribution is -2.47. The van der Waals surface area contributed by atoms with Crippen molar-refractivity contribution in [2.75, 3.05) is 25.5 Å². The van der Waals surface area contributed by atoms with E-state index in [1.807, 2.05) is 32.9 Å². The lowest BCUT2D eigenvalue weighted by Gasteiger charge is -2.31. The quantitative estimate of drug-likeness (QED) is 0.739. The van der Waals surface area contributed by atoms with Gasteiger partial charge in [-0.25, -0.2) is 0 Å². The molecule has 1 aromatic carbocycles. The minimum absolute atomic E-state index is 0.143. The molecule has 1 N–H and O–H groups in total. The van der Waals surface area contributed by atoms with Crippen molar-refractivity contribution >= 4 is 17.5 Å². The lowest BCUT2D eigenvalue weighted by molar-refractivity contribution is -0.146. The number of ether oxygens (including phenoxy) is 1. The van der Waals surface area contributed by atoms with E-state index in [-0.39, 0.29) is 11.8 Å². The number of aryl methyl sites for hydroxylation is 1. The molecule has 134 valence electrons. The molecule has 1 rings (SSSR count). The van der Waals surface area contributed by atoms with Crippen molar-refractivity contribution in [3.63, 3.8) is 0 Å². The molecule has 5 nitrogen and oxygen atoms in total. The van der Waals surface area contributed by atoms with Crippen molar-refractivity contribution in [1.29, 1.82) is 0 Å². The first kappa shape index (κ1) is 20.0. The summed E-state index contributed by atoms with van der Waals surface area (Å²) in [6.45, 7) is 10.7. The van der Waals surface area contributed by atoms with E-state index in [1.54, 1.807) is 31.9 Å². The van der Waals surface area contributed by atoms with Gasteiger partial charge >= 0.3 is 0 Å². The van der Waals surface area contributed by atoms with Gasteiger partial charge in [-0.2, -0.15) is 0 Å². The van der Waals surface area contributed by atoms with Gasteiger partial charge in [0.25, 0.3) is 0 Å². The maximum absolute atomic E-state index is 12.8. The van der Waals surface area contributed by atoms with Crippen LogP contribution in [0.25, 0.3) is 0 Å². The number of methoxy groups -OCH3 is 1. The molecular formula is C19H30N2O3. The number of benzene rings is 1.